The van der Waals surface area contributed by atoms with Crippen LogP contribution in [-0.2, 0) is 5.41 Å². The van der Waals surface area contributed by atoms with E-state index in [9.17, 15) is 0 Å². The Labute approximate surface area is 154 Å². The van der Waals surface area contributed by atoms with Gasteiger partial charge in [0.05, 0.1) is 5.41 Å². The third-order valence-electron chi connectivity index (χ3n) is 6.85. The molecule has 6 rings (SSSR count). The molecule has 3 aromatic carbocycles. The molecule has 3 aromatic rings. The molecule has 0 saturated heterocycles. The highest BCUT2D eigenvalue weighted by Gasteiger charge is 2.58. The van der Waals surface area contributed by atoms with Gasteiger partial charge in [-0.05, 0) is 58.2 Å². The normalized spacial score (nSPS) is 23.4. The summed E-state index contributed by atoms with van der Waals surface area (Å²) < 4.78 is 0. The van der Waals surface area contributed by atoms with Crippen molar-refractivity contribution < 1.29 is 0 Å². The number of nitrogen functional groups attached to an aromatic ring is 1. The molecule has 0 saturated carbocycles. The van der Waals surface area contributed by atoms with E-state index in [2.05, 4.69) is 78.9 Å². The van der Waals surface area contributed by atoms with E-state index in [1.54, 1.807) is 0 Å². The predicted molar refractivity (Wildman–Crippen MR) is 107 cm³/mol. The number of rotatable bonds is 0. The van der Waals surface area contributed by atoms with Gasteiger partial charge < -0.3 is 5.73 Å². The summed E-state index contributed by atoms with van der Waals surface area (Å²) in [7, 11) is 0. The monoisotopic (exact) mass is 335 g/mol. The van der Waals surface area contributed by atoms with Crippen LogP contribution in [0.25, 0.3) is 11.1 Å². The molecule has 0 fully saturated rings. The van der Waals surface area contributed by atoms with Crippen molar-refractivity contribution in [2.24, 2.45) is 5.92 Å². The topological polar surface area (TPSA) is 26.0 Å². The van der Waals surface area contributed by atoms with Gasteiger partial charge in [-0.2, -0.15) is 0 Å². The lowest BCUT2D eigenvalue weighted by Crippen LogP contribution is -2.34. The van der Waals surface area contributed by atoms with E-state index in [0.717, 1.165) is 12.1 Å². The van der Waals surface area contributed by atoms with Crippen molar-refractivity contribution in [1.29, 1.82) is 0 Å². The zero-order chi connectivity index (χ0) is 17.3. The van der Waals surface area contributed by atoms with Crippen LogP contribution < -0.4 is 5.73 Å². The van der Waals surface area contributed by atoms with Crippen molar-refractivity contribution >= 4 is 5.69 Å². The van der Waals surface area contributed by atoms with E-state index >= 15 is 0 Å². The van der Waals surface area contributed by atoms with E-state index in [0.29, 0.717) is 11.8 Å². The predicted octanol–water partition coefficient (Wildman–Crippen LogP) is 5.65. The molecule has 2 N–H and O–H groups in total. The SMILES string of the molecule is Nc1cccc2c1C1(c3ccccc3-c3ccccc31)C1CCC=CC21. The average Bonchev–Trinajstić information content (AvgIpc) is 3.16. The van der Waals surface area contributed by atoms with Crippen LogP contribution in [0.3, 0.4) is 0 Å². The second-order valence-electron chi connectivity index (χ2n) is 7.85. The molecule has 0 amide bonds. The highest BCUT2D eigenvalue weighted by atomic mass is 14.7. The van der Waals surface area contributed by atoms with E-state index in [-0.39, 0.29) is 5.41 Å². The molecular formula is C25H21N. The van der Waals surface area contributed by atoms with Gasteiger partial charge in [-0.1, -0.05) is 72.8 Å². The molecule has 1 heteroatoms. The maximum absolute atomic E-state index is 6.67. The van der Waals surface area contributed by atoms with Crippen molar-refractivity contribution in [3.63, 3.8) is 0 Å². The first-order valence-electron chi connectivity index (χ1n) is 9.58. The molecule has 1 nitrogen and oxygen atoms in total. The Balaban J connectivity index is 1.82. The van der Waals surface area contributed by atoms with Gasteiger partial charge in [0.15, 0.2) is 0 Å². The van der Waals surface area contributed by atoms with Crippen LogP contribution in [0.4, 0.5) is 5.69 Å². The summed E-state index contributed by atoms with van der Waals surface area (Å²) in [5.74, 6) is 0.999. The molecule has 2 atom stereocenters. The second-order valence-corrected chi connectivity index (χ2v) is 7.85. The fourth-order valence-electron chi connectivity index (χ4n) is 6.08. The van der Waals surface area contributed by atoms with Crippen LogP contribution in [0, 0.1) is 5.92 Å². The number of hydrogen-bond acceptors (Lipinski definition) is 1. The molecule has 0 radical (unpaired) electrons. The van der Waals surface area contributed by atoms with Crippen molar-refractivity contribution in [2.75, 3.05) is 5.73 Å². The summed E-state index contributed by atoms with van der Waals surface area (Å²) in [5, 5.41) is 0. The van der Waals surface area contributed by atoms with Crippen molar-refractivity contribution in [2.45, 2.75) is 24.2 Å². The first-order valence-corrected chi connectivity index (χ1v) is 9.58. The average molecular weight is 335 g/mol. The zero-order valence-electron chi connectivity index (χ0n) is 14.7. The number of anilines is 1. The van der Waals surface area contributed by atoms with Crippen LogP contribution >= 0.6 is 0 Å². The first-order chi connectivity index (χ1) is 12.8. The van der Waals surface area contributed by atoms with Gasteiger partial charge in [-0.25, -0.2) is 0 Å². The molecule has 0 heterocycles. The zero-order valence-corrected chi connectivity index (χ0v) is 14.7. The van der Waals surface area contributed by atoms with Crippen LogP contribution in [0.15, 0.2) is 78.9 Å². The number of fused-ring (bicyclic) bond motifs is 10. The third kappa shape index (κ3) is 1.49. The summed E-state index contributed by atoms with van der Waals surface area (Å²) in [6, 6.07) is 24.5. The minimum atomic E-state index is -0.108. The Bertz CT molecular complexity index is 1030. The Hall–Kier alpha value is -2.80. The Morgan fingerprint density at radius 2 is 1.50 bits per heavy atom. The molecule has 3 aliphatic carbocycles. The maximum Gasteiger partial charge on any atom is 0.0523 e. The fraction of sp³-hybridized carbons (Fsp3) is 0.200. The number of nitrogens with two attached hydrogens (primary N) is 1. The van der Waals surface area contributed by atoms with E-state index in [1.165, 1.54) is 39.8 Å². The largest absolute Gasteiger partial charge is 0.398 e. The molecule has 0 aromatic heterocycles. The number of allylic oxidation sites excluding steroid dienone is 2. The number of hydrogen-bond donors (Lipinski definition) is 1. The molecule has 2 unspecified atom stereocenters. The summed E-state index contributed by atoms with van der Waals surface area (Å²) in [4.78, 5) is 0. The lowest BCUT2D eigenvalue weighted by atomic mass is 9.63. The van der Waals surface area contributed by atoms with Crippen LogP contribution in [-0.4, -0.2) is 0 Å². The van der Waals surface area contributed by atoms with Gasteiger partial charge in [0.25, 0.3) is 0 Å². The van der Waals surface area contributed by atoms with Gasteiger partial charge in [0, 0.05) is 11.6 Å². The first kappa shape index (κ1) is 14.4. The highest BCUT2D eigenvalue weighted by molar-refractivity contribution is 5.87. The van der Waals surface area contributed by atoms with Crippen molar-refractivity contribution in [3.05, 3.63) is 101 Å². The van der Waals surface area contributed by atoms with Crippen LogP contribution in [0.1, 0.15) is 41.0 Å². The maximum atomic E-state index is 6.67. The number of benzene rings is 3. The summed E-state index contributed by atoms with van der Waals surface area (Å²) in [6.45, 7) is 0. The molecule has 0 aliphatic heterocycles. The molecule has 3 aliphatic rings. The van der Waals surface area contributed by atoms with Crippen molar-refractivity contribution in [3.8, 4) is 11.1 Å². The van der Waals surface area contributed by atoms with Gasteiger partial charge in [0.2, 0.25) is 0 Å². The van der Waals surface area contributed by atoms with Gasteiger partial charge in [0.1, 0.15) is 0 Å². The van der Waals surface area contributed by atoms with Crippen molar-refractivity contribution in [1.82, 2.24) is 0 Å². The Kier molecular flexibility index (Phi) is 2.70. The minimum absolute atomic E-state index is 0.108. The Morgan fingerprint density at radius 3 is 2.23 bits per heavy atom. The lowest BCUT2D eigenvalue weighted by molar-refractivity contribution is 0.351. The van der Waals surface area contributed by atoms with E-state index < -0.39 is 0 Å². The standard InChI is InChI=1S/C25H21N/c26-23-15-7-11-19-18-10-3-6-14-22(18)25(24(19)23)20-12-4-1-8-16(20)17-9-2-5-13-21(17)25/h1-5,7-13,15,18,22H,6,14,26H2. The van der Waals surface area contributed by atoms with Crippen LogP contribution in [0.2, 0.25) is 0 Å². The molecule has 1 spiro atoms. The second kappa shape index (κ2) is 4.88. The molecule has 126 valence electrons. The lowest BCUT2D eigenvalue weighted by Gasteiger charge is -2.38. The minimum Gasteiger partial charge on any atom is -0.398 e. The van der Waals surface area contributed by atoms with E-state index in [4.69, 9.17) is 5.73 Å². The highest BCUT2D eigenvalue weighted by Crippen LogP contribution is 2.66. The van der Waals surface area contributed by atoms with Gasteiger partial charge >= 0.3 is 0 Å². The summed E-state index contributed by atoms with van der Waals surface area (Å²) >= 11 is 0. The Morgan fingerprint density at radius 1 is 0.808 bits per heavy atom. The summed E-state index contributed by atoms with van der Waals surface area (Å²) in [5.41, 5.74) is 16.0. The molecule has 26 heavy (non-hydrogen) atoms. The summed E-state index contributed by atoms with van der Waals surface area (Å²) in [6.07, 6.45) is 7.16. The van der Waals surface area contributed by atoms with Gasteiger partial charge in [-0.3, -0.25) is 0 Å². The fourth-order valence-corrected chi connectivity index (χ4v) is 6.08. The molecule has 0 bridgehead atoms. The third-order valence-corrected chi connectivity index (χ3v) is 6.85. The quantitative estimate of drug-likeness (QED) is 0.417. The van der Waals surface area contributed by atoms with Gasteiger partial charge in [-0.15, -0.1) is 0 Å². The van der Waals surface area contributed by atoms with Crippen LogP contribution in [0.5, 0.6) is 0 Å². The van der Waals surface area contributed by atoms with E-state index in [1.807, 2.05) is 0 Å². The molecular weight excluding hydrogens is 314 g/mol. The smallest absolute Gasteiger partial charge is 0.0523 e.